The van der Waals surface area contributed by atoms with Crippen molar-refractivity contribution in [2.24, 2.45) is 0 Å². The van der Waals surface area contributed by atoms with Crippen molar-refractivity contribution in [1.82, 2.24) is 24.9 Å². The van der Waals surface area contributed by atoms with Crippen LogP contribution in [0.15, 0.2) is 36.5 Å². The molecule has 0 saturated carbocycles. The predicted octanol–water partition coefficient (Wildman–Crippen LogP) is 5.63. The average Bonchev–Trinajstić information content (AvgIpc) is 3.13. The number of piperidine rings is 1. The first-order valence-electron chi connectivity index (χ1n) is 11.7. The second kappa shape index (κ2) is 9.44. The van der Waals surface area contributed by atoms with Gasteiger partial charge in [-0.3, -0.25) is 4.98 Å². The molecule has 180 valence electrons. The summed E-state index contributed by atoms with van der Waals surface area (Å²) < 4.78 is 13.6. The van der Waals surface area contributed by atoms with Gasteiger partial charge in [0, 0.05) is 25.4 Å². The third-order valence-electron chi connectivity index (χ3n) is 5.73. The summed E-state index contributed by atoms with van der Waals surface area (Å²) in [6.07, 6.45) is 3.02. The molecule has 3 aromatic rings. The number of hydrogen-bond acceptors (Lipinski definition) is 6. The summed E-state index contributed by atoms with van der Waals surface area (Å²) in [4.78, 5) is 18.8. The van der Waals surface area contributed by atoms with Crippen molar-refractivity contribution in [1.29, 1.82) is 0 Å². The lowest BCUT2D eigenvalue weighted by molar-refractivity contribution is 0.0185. The van der Waals surface area contributed by atoms with Crippen LogP contribution in [0.2, 0.25) is 0 Å². The van der Waals surface area contributed by atoms with E-state index >= 15 is 0 Å². The highest BCUT2D eigenvalue weighted by molar-refractivity contribution is 5.68. The van der Waals surface area contributed by atoms with Crippen LogP contribution >= 0.6 is 0 Å². The Labute approximate surface area is 200 Å². The van der Waals surface area contributed by atoms with Crippen LogP contribution in [-0.4, -0.2) is 49.7 Å². The number of pyridine rings is 1. The minimum absolute atomic E-state index is 0.126. The van der Waals surface area contributed by atoms with Gasteiger partial charge >= 0.3 is 6.09 Å². The molecular weight excluding hydrogens is 430 g/mol. The number of hydrogen-bond donors (Lipinski definition) is 0. The van der Waals surface area contributed by atoms with Gasteiger partial charge < -0.3 is 14.4 Å². The highest BCUT2D eigenvalue weighted by Gasteiger charge is 2.30. The molecule has 1 amide bonds. The smallest absolute Gasteiger partial charge is 0.410 e. The molecule has 1 aliphatic heterocycles. The molecule has 4 rings (SSSR count). The fraction of sp³-hybridized carbons (Fsp3) is 0.462. The van der Waals surface area contributed by atoms with Gasteiger partial charge in [-0.25, -0.2) is 9.48 Å². The molecule has 0 aliphatic carbocycles. The van der Waals surface area contributed by atoms with Crippen LogP contribution < -0.4 is 4.74 Å². The average molecular weight is 464 g/mol. The van der Waals surface area contributed by atoms with E-state index in [1.165, 1.54) is 0 Å². The third-order valence-corrected chi connectivity index (χ3v) is 5.73. The van der Waals surface area contributed by atoms with Crippen LogP contribution in [0.1, 0.15) is 56.5 Å². The van der Waals surface area contributed by atoms with Gasteiger partial charge in [-0.15, -0.1) is 5.10 Å². The van der Waals surface area contributed by atoms with Gasteiger partial charge in [0.15, 0.2) is 0 Å². The zero-order valence-corrected chi connectivity index (χ0v) is 20.8. The van der Waals surface area contributed by atoms with Crippen LogP contribution in [0, 0.1) is 20.8 Å². The number of aromatic nitrogens is 4. The summed E-state index contributed by atoms with van der Waals surface area (Å²) in [5, 5.41) is 8.77. The summed E-state index contributed by atoms with van der Waals surface area (Å²) in [5.74, 6) is 1.51. The quantitative estimate of drug-likeness (QED) is 0.499. The minimum atomic E-state index is -0.500. The van der Waals surface area contributed by atoms with Crippen LogP contribution in [0.5, 0.6) is 11.5 Å². The van der Waals surface area contributed by atoms with E-state index in [4.69, 9.17) is 9.47 Å². The van der Waals surface area contributed by atoms with Gasteiger partial charge in [0.05, 0.1) is 17.4 Å². The van der Waals surface area contributed by atoms with Gasteiger partial charge in [0.1, 0.15) is 22.8 Å². The van der Waals surface area contributed by atoms with Crippen LogP contribution in [-0.2, 0) is 4.74 Å². The Hall–Kier alpha value is -3.42. The molecule has 3 heterocycles. The van der Waals surface area contributed by atoms with E-state index in [2.05, 4.69) is 35.2 Å². The lowest BCUT2D eigenvalue weighted by Crippen LogP contribution is -2.42. The van der Waals surface area contributed by atoms with E-state index in [-0.39, 0.29) is 12.1 Å². The molecule has 0 bridgehead atoms. The molecule has 1 saturated heterocycles. The van der Waals surface area contributed by atoms with Crippen LogP contribution in [0.3, 0.4) is 0 Å². The summed E-state index contributed by atoms with van der Waals surface area (Å²) >= 11 is 0. The SMILES string of the molecule is Cc1cc(C)cc(Oc2ccnc(-c3c(C)nnn3C3CCN(C(=O)OC(C)(C)C)CC3)c2)c1. The van der Waals surface area contributed by atoms with Crippen LogP contribution in [0.4, 0.5) is 4.79 Å². The number of benzene rings is 1. The standard InChI is InChI=1S/C26H33N5O3/c1-17-13-18(2)15-22(14-17)33-21-7-10-27-23(16-21)24-19(3)28-29-31(24)20-8-11-30(12-9-20)25(32)34-26(4,5)6/h7,10,13-16,20H,8-9,11-12H2,1-6H3. The number of rotatable bonds is 4. The van der Waals surface area contributed by atoms with Gasteiger partial charge in [-0.05, 0) is 83.7 Å². The van der Waals surface area contributed by atoms with Crippen molar-refractivity contribution in [2.75, 3.05) is 13.1 Å². The number of ether oxygens (including phenoxy) is 2. The lowest BCUT2D eigenvalue weighted by Gasteiger charge is -2.33. The van der Waals surface area contributed by atoms with Crippen molar-refractivity contribution >= 4 is 6.09 Å². The molecular formula is C26H33N5O3. The predicted molar refractivity (Wildman–Crippen MR) is 130 cm³/mol. The number of carbonyl (C=O) groups is 1. The number of aryl methyl sites for hydroxylation is 3. The van der Waals surface area contributed by atoms with E-state index in [1.807, 2.05) is 56.6 Å². The maximum Gasteiger partial charge on any atom is 0.410 e. The lowest BCUT2D eigenvalue weighted by atomic mass is 10.0. The first kappa shape index (κ1) is 23.7. The topological polar surface area (TPSA) is 82.4 Å². The minimum Gasteiger partial charge on any atom is -0.457 e. The van der Waals surface area contributed by atoms with E-state index in [1.54, 1.807) is 11.1 Å². The van der Waals surface area contributed by atoms with Crippen molar-refractivity contribution in [2.45, 2.75) is 66.0 Å². The largest absolute Gasteiger partial charge is 0.457 e. The Morgan fingerprint density at radius 1 is 1.00 bits per heavy atom. The Morgan fingerprint density at radius 2 is 1.68 bits per heavy atom. The van der Waals surface area contributed by atoms with E-state index < -0.39 is 5.60 Å². The molecule has 1 aromatic carbocycles. The maximum atomic E-state index is 12.4. The van der Waals surface area contributed by atoms with E-state index in [0.717, 1.165) is 46.8 Å². The number of amides is 1. The van der Waals surface area contributed by atoms with Gasteiger partial charge in [-0.2, -0.15) is 0 Å². The highest BCUT2D eigenvalue weighted by Crippen LogP contribution is 2.32. The maximum absolute atomic E-state index is 12.4. The molecule has 1 aliphatic rings. The molecule has 1 fully saturated rings. The normalized spacial score (nSPS) is 14.8. The number of nitrogens with zero attached hydrogens (tertiary/aromatic N) is 5. The monoisotopic (exact) mass is 463 g/mol. The fourth-order valence-electron chi connectivity index (χ4n) is 4.28. The molecule has 34 heavy (non-hydrogen) atoms. The molecule has 8 heteroatoms. The van der Waals surface area contributed by atoms with Crippen molar-refractivity contribution in [3.63, 3.8) is 0 Å². The number of carbonyl (C=O) groups excluding carboxylic acids is 1. The van der Waals surface area contributed by atoms with Crippen LogP contribution in [0.25, 0.3) is 11.4 Å². The molecule has 0 unspecified atom stereocenters. The molecule has 0 spiro atoms. The Morgan fingerprint density at radius 3 is 2.32 bits per heavy atom. The van der Waals surface area contributed by atoms with Crippen molar-refractivity contribution < 1.29 is 14.3 Å². The molecule has 2 aromatic heterocycles. The first-order valence-corrected chi connectivity index (χ1v) is 11.7. The van der Waals surface area contributed by atoms with Crippen molar-refractivity contribution in [3.8, 4) is 22.9 Å². The molecule has 8 nitrogen and oxygen atoms in total. The second-order valence-corrected chi connectivity index (χ2v) is 9.97. The summed E-state index contributed by atoms with van der Waals surface area (Å²) in [7, 11) is 0. The summed E-state index contributed by atoms with van der Waals surface area (Å²) in [5.41, 5.74) is 4.26. The Kier molecular flexibility index (Phi) is 6.59. The zero-order chi connectivity index (χ0) is 24.5. The summed E-state index contributed by atoms with van der Waals surface area (Å²) in [6.45, 7) is 12.9. The Bertz CT molecular complexity index is 1150. The number of likely N-dealkylation sites (tertiary alicyclic amines) is 1. The van der Waals surface area contributed by atoms with Gasteiger partial charge in [0.2, 0.25) is 0 Å². The first-order chi connectivity index (χ1) is 16.1. The second-order valence-electron chi connectivity index (χ2n) is 9.97. The van der Waals surface area contributed by atoms with Crippen molar-refractivity contribution in [3.05, 3.63) is 53.3 Å². The van der Waals surface area contributed by atoms with Gasteiger partial charge in [-0.1, -0.05) is 11.3 Å². The zero-order valence-electron chi connectivity index (χ0n) is 20.8. The molecule has 0 atom stereocenters. The van der Waals surface area contributed by atoms with Gasteiger partial charge in [0.25, 0.3) is 0 Å². The van der Waals surface area contributed by atoms with E-state index in [0.29, 0.717) is 18.8 Å². The third kappa shape index (κ3) is 5.55. The molecule has 0 N–H and O–H groups in total. The summed E-state index contributed by atoms with van der Waals surface area (Å²) in [6, 6.07) is 10.1. The fourth-order valence-corrected chi connectivity index (χ4v) is 4.28. The molecule has 0 radical (unpaired) electrons. The van der Waals surface area contributed by atoms with E-state index in [9.17, 15) is 4.79 Å². The Balaban J connectivity index is 1.51. The highest BCUT2D eigenvalue weighted by atomic mass is 16.6.